The lowest BCUT2D eigenvalue weighted by molar-refractivity contribution is -0.132. The molecular weight excluding hydrogens is 668 g/mol. The second-order valence-electron chi connectivity index (χ2n) is 12.0. The molecule has 3 aromatic heterocycles. The van der Waals surface area contributed by atoms with Gasteiger partial charge in [0.2, 0.25) is 17.7 Å². The summed E-state index contributed by atoms with van der Waals surface area (Å²) in [6, 6.07) is 13.3. The standard InChI is InChI=1S/C37H50N8O7/c1-4-6-20-49-22-24-51-26-27-52-25-23-50-21-14-34(46)43-18-16-42(17-19-43)30-12-10-29(11-13-30)39-37-38-28-31-35(41-37)45(44(15-5-2)36(31)47)32-8-7-9-33(40-32)48-3/h5,7-13,28H,2,4,6,14-27H2,1,3H3,(H,38,39,41). The first-order chi connectivity index (χ1) is 25.5. The fraction of sp³-hybridized carbons (Fsp3) is 0.486. The number of methoxy groups -OCH3 is 1. The summed E-state index contributed by atoms with van der Waals surface area (Å²) in [5, 5.41) is 3.61. The quantitative estimate of drug-likeness (QED) is 0.0931. The van der Waals surface area contributed by atoms with E-state index in [0.717, 1.165) is 43.9 Å². The molecule has 1 aliphatic heterocycles. The molecule has 0 saturated carbocycles. The molecule has 0 spiro atoms. The Kier molecular flexibility index (Phi) is 15.0. The third kappa shape index (κ3) is 10.6. The molecule has 1 aliphatic rings. The maximum absolute atomic E-state index is 13.2. The van der Waals surface area contributed by atoms with Gasteiger partial charge >= 0.3 is 0 Å². The van der Waals surface area contributed by atoms with Crippen LogP contribution < -0.4 is 20.5 Å². The van der Waals surface area contributed by atoms with Gasteiger partial charge in [0.15, 0.2) is 11.5 Å². The monoisotopic (exact) mass is 718 g/mol. The number of amides is 1. The molecule has 15 nitrogen and oxygen atoms in total. The van der Waals surface area contributed by atoms with Gasteiger partial charge < -0.3 is 38.8 Å². The van der Waals surface area contributed by atoms with E-state index in [1.165, 1.54) is 18.0 Å². The van der Waals surface area contributed by atoms with Crippen molar-refractivity contribution in [1.29, 1.82) is 0 Å². The minimum Gasteiger partial charge on any atom is -0.481 e. The number of nitrogens with one attached hydrogen (secondary N) is 1. The van der Waals surface area contributed by atoms with E-state index in [4.69, 9.17) is 28.7 Å². The van der Waals surface area contributed by atoms with E-state index in [1.54, 1.807) is 29.0 Å². The van der Waals surface area contributed by atoms with E-state index in [1.807, 2.05) is 29.2 Å². The van der Waals surface area contributed by atoms with Crippen molar-refractivity contribution in [3.8, 4) is 11.7 Å². The lowest BCUT2D eigenvalue weighted by Gasteiger charge is -2.36. The van der Waals surface area contributed by atoms with Gasteiger partial charge in [-0.15, -0.1) is 6.58 Å². The maximum Gasteiger partial charge on any atom is 0.278 e. The van der Waals surface area contributed by atoms with Crippen molar-refractivity contribution in [3.05, 3.63) is 71.7 Å². The highest BCUT2D eigenvalue weighted by molar-refractivity contribution is 5.77. The molecule has 280 valence electrons. The van der Waals surface area contributed by atoms with Crippen molar-refractivity contribution in [2.45, 2.75) is 32.7 Å². The number of benzene rings is 1. The maximum atomic E-state index is 13.2. The van der Waals surface area contributed by atoms with Gasteiger partial charge in [-0.1, -0.05) is 25.5 Å². The van der Waals surface area contributed by atoms with Crippen LogP contribution >= 0.6 is 0 Å². The summed E-state index contributed by atoms with van der Waals surface area (Å²) in [5.41, 5.74) is 2.01. The zero-order valence-corrected chi connectivity index (χ0v) is 30.2. The smallest absolute Gasteiger partial charge is 0.278 e. The van der Waals surface area contributed by atoms with E-state index in [9.17, 15) is 9.59 Å². The van der Waals surface area contributed by atoms with Gasteiger partial charge in [0.1, 0.15) is 5.39 Å². The van der Waals surface area contributed by atoms with Crippen LogP contribution in [-0.4, -0.2) is 121 Å². The Bertz CT molecular complexity index is 1770. The molecule has 1 fully saturated rings. The van der Waals surface area contributed by atoms with E-state index < -0.39 is 0 Å². The lowest BCUT2D eigenvalue weighted by Crippen LogP contribution is -2.49. The number of aromatic nitrogens is 5. The number of fused-ring (bicyclic) bond motifs is 1. The van der Waals surface area contributed by atoms with Gasteiger partial charge in [-0.05, 0) is 36.8 Å². The Balaban J connectivity index is 1.04. The molecule has 4 heterocycles. The molecule has 15 heteroatoms. The zero-order valence-electron chi connectivity index (χ0n) is 30.2. The first-order valence-corrected chi connectivity index (χ1v) is 17.8. The fourth-order valence-electron chi connectivity index (χ4n) is 5.67. The first kappa shape index (κ1) is 38.4. The number of hydrogen-bond acceptors (Lipinski definition) is 12. The van der Waals surface area contributed by atoms with Gasteiger partial charge in [0.25, 0.3) is 5.56 Å². The minimum atomic E-state index is -0.247. The number of unbranched alkanes of at least 4 members (excludes halogenated alkanes) is 1. The SMILES string of the molecule is C=CCn1c(=O)c2cnc(Nc3ccc(N4CCN(C(=O)CCOCCOCCOCCOCCCC)CC4)cc3)nc2n1-c1cccc(OC)n1. The number of rotatable bonds is 22. The Hall–Kier alpha value is -4.83. The van der Waals surface area contributed by atoms with Crippen molar-refractivity contribution in [1.82, 2.24) is 29.2 Å². The molecule has 0 radical (unpaired) electrons. The average molecular weight is 719 g/mol. The number of ether oxygens (including phenoxy) is 5. The molecule has 1 N–H and O–H groups in total. The van der Waals surface area contributed by atoms with Crippen molar-refractivity contribution < 1.29 is 28.5 Å². The van der Waals surface area contributed by atoms with E-state index >= 15 is 0 Å². The number of hydrogen-bond donors (Lipinski definition) is 1. The van der Waals surface area contributed by atoms with E-state index in [2.05, 4.69) is 33.7 Å². The number of carbonyl (C=O) groups is 1. The van der Waals surface area contributed by atoms with Crippen molar-refractivity contribution >= 4 is 34.3 Å². The minimum absolute atomic E-state index is 0.0964. The molecule has 1 aromatic carbocycles. The second-order valence-corrected chi connectivity index (χ2v) is 12.0. The van der Waals surface area contributed by atoms with Gasteiger partial charge in [-0.2, -0.15) is 9.97 Å². The van der Waals surface area contributed by atoms with Crippen LogP contribution in [0.4, 0.5) is 17.3 Å². The Morgan fingerprint density at radius 3 is 2.21 bits per heavy atom. The van der Waals surface area contributed by atoms with Crippen LogP contribution in [0.25, 0.3) is 16.9 Å². The highest BCUT2D eigenvalue weighted by atomic mass is 16.6. The summed E-state index contributed by atoms with van der Waals surface area (Å²) in [5.74, 6) is 1.33. The van der Waals surface area contributed by atoms with Gasteiger partial charge in [-0.3, -0.25) is 9.59 Å². The normalized spacial score (nSPS) is 13.1. The first-order valence-electron chi connectivity index (χ1n) is 17.8. The number of piperazine rings is 1. The summed E-state index contributed by atoms with van der Waals surface area (Å²) >= 11 is 0. The van der Waals surface area contributed by atoms with Crippen molar-refractivity contribution in [3.63, 3.8) is 0 Å². The van der Waals surface area contributed by atoms with Gasteiger partial charge in [0.05, 0.1) is 66.3 Å². The Labute approximate surface area is 304 Å². The largest absolute Gasteiger partial charge is 0.481 e. The fourth-order valence-corrected chi connectivity index (χ4v) is 5.67. The molecule has 1 saturated heterocycles. The van der Waals surface area contributed by atoms with Crippen LogP contribution in [0.1, 0.15) is 26.2 Å². The molecule has 0 atom stereocenters. The van der Waals surface area contributed by atoms with E-state index in [-0.39, 0.29) is 18.0 Å². The van der Waals surface area contributed by atoms with Crippen LogP contribution in [0.5, 0.6) is 5.88 Å². The van der Waals surface area contributed by atoms with Crippen LogP contribution in [0.15, 0.2) is 66.1 Å². The van der Waals surface area contributed by atoms with Crippen molar-refractivity contribution in [2.24, 2.45) is 0 Å². The number of pyridine rings is 1. The molecule has 5 rings (SSSR count). The van der Waals surface area contributed by atoms with Crippen LogP contribution in [-0.2, 0) is 30.3 Å². The van der Waals surface area contributed by atoms with Gasteiger partial charge in [-0.25, -0.2) is 14.3 Å². The lowest BCUT2D eigenvalue weighted by atomic mass is 10.2. The number of carbonyl (C=O) groups excluding carboxylic acids is 1. The molecule has 0 aliphatic carbocycles. The molecule has 52 heavy (non-hydrogen) atoms. The molecule has 4 aromatic rings. The summed E-state index contributed by atoms with van der Waals surface area (Å²) in [7, 11) is 1.54. The molecule has 0 unspecified atom stereocenters. The number of anilines is 3. The summed E-state index contributed by atoms with van der Waals surface area (Å²) in [6.45, 7) is 13.2. The zero-order chi connectivity index (χ0) is 36.5. The summed E-state index contributed by atoms with van der Waals surface area (Å²) < 4.78 is 30.5. The molecule has 0 bridgehead atoms. The summed E-state index contributed by atoms with van der Waals surface area (Å²) in [4.78, 5) is 43.8. The van der Waals surface area contributed by atoms with Gasteiger partial charge in [0, 0.05) is 56.4 Å². The van der Waals surface area contributed by atoms with Crippen LogP contribution in [0.2, 0.25) is 0 Å². The van der Waals surface area contributed by atoms with E-state index in [0.29, 0.717) is 94.4 Å². The average Bonchev–Trinajstić information content (AvgIpc) is 3.45. The summed E-state index contributed by atoms with van der Waals surface area (Å²) in [6.07, 6.45) is 5.71. The number of nitrogens with zero attached hydrogens (tertiary/aromatic N) is 7. The predicted octanol–water partition coefficient (Wildman–Crippen LogP) is 3.82. The number of allylic oxidation sites excluding steroid dienone is 1. The third-order valence-corrected chi connectivity index (χ3v) is 8.45. The Morgan fingerprint density at radius 1 is 0.885 bits per heavy atom. The second kappa shape index (κ2) is 20.3. The Morgan fingerprint density at radius 2 is 1.56 bits per heavy atom. The van der Waals surface area contributed by atoms with Crippen molar-refractivity contribution in [2.75, 3.05) is 96.4 Å². The van der Waals surface area contributed by atoms with Crippen LogP contribution in [0, 0.1) is 0 Å². The topological polar surface area (TPSA) is 147 Å². The highest BCUT2D eigenvalue weighted by Crippen LogP contribution is 2.23. The predicted molar refractivity (Wildman–Crippen MR) is 199 cm³/mol. The molecule has 1 amide bonds. The molecular formula is C37H50N8O7. The highest BCUT2D eigenvalue weighted by Gasteiger charge is 2.22. The third-order valence-electron chi connectivity index (χ3n) is 8.45. The van der Waals surface area contributed by atoms with Crippen LogP contribution in [0.3, 0.4) is 0 Å².